The molecule has 16 heteroatoms. The number of carbonyl (C=O) groups is 2. The third-order valence-electron chi connectivity index (χ3n) is 4.75. The molecular weight excluding hydrogens is 629 g/mol. The summed E-state index contributed by atoms with van der Waals surface area (Å²) < 4.78 is 60.7. The maximum absolute atomic E-state index is 12.8. The second kappa shape index (κ2) is 11.9. The number of esters is 1. The number of rotatable bonds is 10. The zero-order chi connectivity index (χ0) is 28.2. The van der Waals surface area contributed by atoms with Crippen LogP contribution in [-0.2, 0) is 29.6 Å². The number of amides is 1. The first-order valence-electron chi connectivity index (χ1n) is 10.6. The van der Waals surface area contributed by atoms with Gasteiger partial charge in [0.1, 0.15) is 8.42 Å². The maximum Gasteiger partial charge on any atom is 0.338 e. The van der Waals surface area contributed by atoms with E-state index in [0.717, 1.165) is 34.8 Å². The van der Waals surface area contributed by atoms with Gasteiger partial charge < -0.3 is 10.1 Å². The number of halogens is 2. The van der Waals surface area contributed by atoms with Gasteiger partial charge in [0.2, 0.25) is 0 Å². The number of sulfonamides is 2. The summed E-state index contributed by atoms with van der Waals surface area (Å²) in [5.41, 5.74) is -0.325. The average Bonchev–Trinajstić information content (AvgIpc) is 3.59. The Morgan fingerprint density at radius 2 is 1.28 bits per heavy atom. The molecule has 2 aromatic carbocycles. The molecule has 4 rings (SSSR count). The van der Waals surface area contributed by atoms with Gasteiger partial charge in [-0.25, -0.2) is 21.6 Å². The smallest absolute Gasteiger partial charge is 0.338 e. The molecule has 0 aliphatic heterocycles. The average molecular weight is 647 g/mol. The molecule has 0 saturated heterocycles. The highest BCUT2D eigenvalue weighted by atomic mass is 35.5. The van der Waals surface area contributed by atoms with Gasteiger partial charge in [-0.2, -0.15) is 0 Å². The number of hydrogen-bond acceptors (Lipinski definition) is 9. The minimum absolute atomic E-state index is 0.00565. The van der Waals surface area contributed by atoms with Crippen molar-refractivity contribution in [2.75, 3.05) is 21.4 Å². The van der Waals surface area contributed by atoms with Crippen molar-refractivity contribution >= 4 is 94.9 Å². The lowest BCUT2D eigenvalue weighted by atomic mass is 10.2. The van der Waals surface area contributed by atoms with E-state index in [1.54, 1.807) is 29.0 Å². The molecule has 0 aliphatic carbocycles. The second-order valence-corrected chi connectivity index (χ2v) is 14.1. The SMILES string of the molecule is O=C(COC(=O)c1cc(NS(=O)(=O)c2cccs2)cc(NS(=O)(=O)c2cccs2)c1)Nc1c(Cl)cccc1Cl. The molecule has 2 aromatic heterocycles. The first-order valence-corrected chi connectivity index (χ1v) is 16.1. The van der Waals surface area contributed by atoms with Gasteiger partial charge >= 0.3 is 5.97 Å². The lowest BCUT2D eigenvalue weighted by molar-refractivity contribution is -0.119. The topological polar surface area (TPSA) is 148 Å². The molecule has 0 bridgehead atoms. The van der Waals surface area contributed by atoms with Crippen LogP contribution in [0.15, 0.2) is 79.8 Å². The van der Waals surface area contributed by atoms with E-state index in [2.05, 4.69) is 14.8 Å². The molecule has 10 nitrogen and oxygen atoms in total. The molecule has 4 aromatic rings. The monoisotopic (exact) mass is 645 g/mol. The highest BCUT2D eigenvalue weighted by Gasteiger charge is 2.21. The first-order chi connectivity index (χ1) is 18.4. The largest absolute Gasteiger partial charge is 0.452 e. The minimum Gasteiger partial charge on any atom is -0.452 e. The van der Waals surface area contributed by atoms with Crippen molar-refractivity contribution in [3.8, 4) is 0 Å². The van der Waals surface area contributed by atoms with Crippen LogP contribution in [0.25, 0.3) is 0 Å². The Labute approximate surface area is 241 Å². The predicted octanol–water partition coefficient (Wildman–Crippen LogP) is 5.51. The molecule has 0 atom stereocenters. The quantitative estimate of drug-likeness (QED) is 0.192. The Morgan fingerprint density at radius 3 is 1.74 bits per heavy atom. The van der Waals surface area contributed by atoms with Gasteiger partial charge in [0.25, 0.3) is 26.0 Å². The van der Waals surface area contributed by atoms with Crippen LogP contribution in [0.3, 0.4) is 0 Å². The first kappa shape index (κ1) is 28.9. The molecule has 1 amide bonds. The van der Waals surface area contributed by atoms with Crippen molar-refractivity contribution in [2.24, 2.45) is 0 Å². The Kier molecular flexibility index (Phi) is 8.83. The van der Waals surface area contributed by atoms with Crippen molar-refractivity contribution in [2.45, 2.75) is 8.42 Å². The summed E-state index contributed by atoms with van der Waals surface area (Å²) in [7, 11) is -8.06. The fourth-order valence-electron chi connectivity index (χ4n) is 3.11. The summed E-state index contributed by atoms with van der Waals surface area (Å²) in [5.74, 6) is -1.77. The van der Waals surface area contributed by atoms with E-state index in [0.29, 0.717) is 0 Å². The molecule has 204 valence electrons. The van der Waals surface area contributed by atoms with Gasteiger partial charge in [-0.15, -0.1) is 22.7 Å². The van der Waals surface area contributed by atoms with Crippen molar-refractivity contribution < 1.29 is 31.2 Å². The molecule has 0 radical (unpaired) electrons. The van der Waals surface area contributed by atoms with Gasteiger partial charge in [-0.3, -0.25) is 14.2 Å². The van der Waals surface area contributed by atoms with Crippen LogP contribution >= 0.6 is 45.9 Å². The number of ether oxygens (including phenoxy) is 1. The molecular formula is C23H17Cl2N3O7S4. The van der Waals surface area contributed by atoms with E-state index in [9.17, 15) is 26.4 Å². The van der Waals surface area contributed by atoms with Gasteiger partial charge in [0.15, 0.2) is 6.61 Å². The summed E-state index contributed by atoms with van der Waals surface area (Å²) in [6, 6.07) is 14.0. The fraction of sp³-hybridized carbons (Fsp3) is 0.0435. The van der Waals surface area contributed by atoms with Crippen LogP contribution in [0.2, 0.25) is 10.0 Å². The van der Waals surface area contributed by atoms with E-state index >= 15 is 0 Å². The van der Waals surface area contributed by atoms with Crippen LogP contribution in [0.5, 0.6) is 0 Å². The zero-order valence-electron chi connectivity index (χ0n) is 19.4. The Bertz CT molecular complexity index is 1620. The summed E-state index contributed by atoms with van der Waals surface area (Å²) in [6.45, 7) is -0.734. The van der Waals surface area contributed by atoms with Crippen LogP contribution in [0.1, 0.15) is 10.4 Å². The van der Waals surface area contributed by atoms with Crippen LogP contribution < -0.4 is 14.8 Å². The van der Waals surface area contributed by atoms with Gasteiger partial charge in [0.05, 0.1) is 32.7 Å². The number of anilines is 3. The van der Waals surface area contributed by atoms with E-state index in [-0.39, 0.29) is 41.1 Å². The van der Waals surface area contributed by atoms with E-state index in [4.69, 9.17) is 27.9 Å². The molecule has 0 aliphatic rings. The molecule has 0 saturated carbocycles. The van der Waals surface area contributed by atoms with Gasteiger partial charge in [-0.1, -0.05) is 41.4 Å². The van der Waals surface area contributed by atoms with Crippen LogP contribution in [0, 0.1) is 0 Å². The van der Waals surface area contributed by atoms with Crippen LogP contribution in [-0.4, -0.2) is 35.3 Å². The number of nitrogens with one attached hydrogen (secondary N) is 3. The standard InChI is InChI=1S/C23H17Cl2N3O7S4/c24-17-4-1-5-18(25)22(17)26-19(29)13-35-23(30)14-10-15(27-38(31,32)20-6-2-8-36-20)12-16(11-14)28-39(33,34)21-7-3-9-37-21/h1-12,27-28H,13H2,(H,26,29). The number of hydrogen-bond donors (Lipinski definition) is 3. The van der Waals surface area contributed by atoms with Crippen molar-refractivity contribution in [3.63, 3.8) is 0 Å². The molecule has 0 fully saturated rings. The van der Waals surface area contributed by atoms with E-state index in [1.807, 2.05) is 0 Å². The highest BCUT2D eigenvalue weighted by molar-refractivity contribution is 7.95. The fourth-order valence-corrected chi connectivity index (χ4v) is 7.67. The summed E-state index contributed by atoms with van der Waals surface area (Å²) in [5, 5.41) is 5.94. The lowest BCUT2D eigenvalue weighted by Crippen LogP contribution is -2.21. The molecule has 0 spiro atoms. The molecule has 3 N–H and O–H groups in total. The minimum atomic E-state index is -4.03. The Balaban J connectivity index is 1.57. The maximum atomic E-state index is 12.8. The summed E-state index contributed by atoms with van der Waals surface area (Å²) >= 11 is 14.0. The predicted molar refractivity (Wildman–Crippen MR) is 152 cm³/mol. The second-order valence-electron chi connectivity index (χ2n) is 7.60. The third kappa shape index (κ3) is 7.29. The third-order valence-corrected chi connectivity index (χ3v) is 10.9. The highest BCUT2D eigenvalue weighted by Crippen LogP contribution is 2.30. The Morgan fingerprint density at radius 1 is 0.769 bits per heavy atom. The normalized spacial score (nSPS) is 11.5. The van der Waals surface area contributed by atoms with Crippen LogP contribution in [0.4, 0.5) is 17.1 Å². The molecule has 39 heavy (non-hydrogen) atoms. The number of para-hydroxylation sites is 1. The zero-order valence-corrected chi connectivity index (χ0v) is 24.2. The number of benzene rings is 2. The Hall–Kier alpha value is -3.14. The van der Waals surface area contributed by atoms with E-state index in [1.165, 1.54) is 30.3 Å². The van der Waals surface area contributed by atoms with E-state index < -0.39 is 38.5 Å². The molecule has 0 unspecified atom stereocenters. The van der Waals surface area contributed by atoms with Gasteiger partial charge in [-0.05, 0) is 53.2 Å². The lowest BCUT2D eigenvalue weighted by Gasteiger charge is -2.13. The summed E-state index contributed by atoms with van der Waals surface area (Å²) in [4.78, 5) is 25.2. The number of carbonyl (C=O) groups excluding carboxylic acids is 2. The molecule has 2 heterocycles. The van der Waals surface area contributed by atoms with Crippen molar-refractivity contribution in [1.82, 2.24) is 0 Å². The number of thiophene rings is 2. The summed E-state index contributed by atoms with van der Waals surface area (Å²) in [6.07, 6.45) is 0. The van der Waals surface area contributed by atoms with Crippen molar-refractivity contribution in [3.05, 3.63) is 87.0 Å². The van der Waals surface area contributed by atoms with Crippen molar-refractivity contribution in [1.29, 1.82) is 0 Å². The van der Waals surface area contributed by atoms with Gasteiger partial charge in [0, 0.05) is 0 Å².